The van der Waals surface area contributed by atoms with Gasteiger partial charge < -0.3 is 14.2 Å². The number of nitrogens with zero attached hydrogens (tertiary/aromatic N) is 3. The fraction of sp³-hybridized carbons (Fsp3) is 0.444. The Balaban J connectivity index is 1.11. The number of likely N-dealkylation sites (tertiary alicyclic amines) is 2. The van der Waals surface area contributed by atoms with Crippen molar-refractivity contribution in [1.82, 2.24) is 14.4 Å². The SMILES string of the molecule is O=C(Cn1ccc2ccccc21)N1CCC(N2CCCC2COCc2ccccc2)CC1. The van der Waals surface area contributed by atoms with E-state index in [0.29, 0.717) is 25.2 Å². The first kappa shape index (κ1) is 21.2. The van der Waals surface area contributed by atoms with Crippen molar-refractivity contribution in [3.05, 3.63) is 72.4 Å². The van der Waals surface area contributed by atoms with Gasteiger partial charge in [0.25, 0.3) is 0 Å². The van der Waals surface area contributed by atoms with Crippen LogP contribution in [0, 0.1) is 0 Å². The van der Waals surface area contributed by atoms with Crippen molar-refractivity contribution in [2.75, 3.05) is 26.2 Å². The molecule has 1 atom stereocenters. The number of aromatic nitrogens is 1. The summed E-state index contributed by atoms with van der Waals surface area (Å²) in [6.45, 7) is 4.79. The lowest BCUT2D eigenvalue weighted by molar-refractivity contribution is -0.133. The first-order chi connectivity index (χ1) is 15.8. The number of amides is 1. The number of fused-ring (bicyclic) bond motifs is 1. The summed E-state index contributed by atoms with van der Waals surface area (Å²) >= 11 is 0. The van der Waals surface area contributed by atoms with Crippen LogP contribution in [0.5, 0.6) is 0 Å². The third-order valence-electron chi connectivity index (χ3n) is 7.12. The van der Waals surface area contributed by atoms with Crippen LogP contribution in [0.2, 0.25) is 0 Å². The number of ether oxygens (including phenoxy) is 1. The third kappa shape index (κ3) is 4.74. The lowest BCUT2D eigenvalue weighted by Gasteiger charge is -2.39. The highest BCUT2D eigenvalue weighted by molar-refractivity contribution is 5.83. The lowest BCUT2D eigenvalue weighted by Crippen LogP contribution is -2.49. The zero-order chi connectivity index (χ0) is 21.8. The molecule has 5 rings (SSSR count). The smallest absolute Gasteiger partial charge is 0.242 e. The van der Waals surface area contributed by atoms with Gasteiger partial charge in [0.1, 0.15) is 6.54 Å². The molecule has 0 N–H and O–H groups in total. The van der Waals surface area contributed by atoms with Crippen molar-refractivity contribution in [1.29, 1.82) is 0 Å². The van der Waals surface area contributed by atoms with Crippen LogP contribution >= 0.6 is 0 Å². The van der Waals surface area contributed by atoms with Crippen LogP contribution in [0.4, 0.5) is 0 Å². The number of hydrogen-bond acceptors (Lipinski definition) is 3. The molecule has 32 heavy (non-hydrogen) atoms. The number of carbonyl (C=O) groups excluding carboxylic acids is 1. The van der Waals surface area contributed by atoms with Gasteiger partial charge in [-0.2, -0.15) is 0 Å². The predicted molar refractivity (Wildman–Crippen MR) is 127 cm³/mol. The molecule has 3 aromatic rings. The molecule has 0 saturated carbocycles. The van der Waals surface area contributed by atoms with Crippen molar-refractivity contribution in [2.45, 2.75) is 50.9 Å². The van der Waals surface area contributed by atoms with E-state index >= 15 is 0 Å². The summed E-state index contributed by atoms with van der Waals surface area (Å²) in [4.78, 5) is 17.7. The lowest BCUT2D eigenvalue weighted by atomic mass is 10.0. The summed E-state index contributed by atoms with van der Waals surface area (Å²) in [6, 6.07) is 21.8. The second-order valence-electron chi connectivity index (χ2n) is 9.15. The van der Waals surface area contributed by atoms with Gasteiger partial charge in [-0.1, -0.05) is 48.5 Å². The minimum atomic E-state index is 0.231. The molecule has 2 aliphatic rings. The van der Waals surface area contributed by atoms with E-state index in [-0.39, 0.29) is 5.91 Å². The van der Waals surface area contributed by atoms with Gasteiger partial charge in [0.05, 0.1) is 13.2 Å². The summed E-state index contributed by atoms with van der Waals surface area (Å²) in [7, 11) is 0. The van der Waals surface area contributed by atoms with Gasteiger partial charge in [-0.3, -0.25) is 9.69 Å². The zero-order valence-electron chi connectivity index (χ0n) is 18.7. The normalized spacial score (nSPS) is 20.2. The maximum absolute atomic E-state index is 12.9. The fourth-order valence-corrected chi connectivity index (χ4v) is 5.38. The molecule has 2 saturated heterocycles. The maximum Gasteiger partial charge on any atom is 0.242 e. The third-order valence-corrected chi connectivity index (χ3v) is 7.12. The predicted octanol–water partition coefficient (Wildman–Crippen LogP) is 4.31. The van der Waals surface area contributed by atoms with Crippen LogP contribution in [-0.4, -0.2) is 58.6 Å². The number of piperidine rings is 1. The van der Waals surface area contributed by atoms with Gasteiger partial charge >= 0.3 is 0 Å². The molecule has 5 heteroatoms. The maximum atomic E-state index is 12.9. The quantitative estimate of drug-likeness (QED) is 0.559. The van der Waals surface area contributed by atoms with Gasteiger partial charge in [-0.05, 0) is 55.3 Å². The monoisotopic (exact) mass is 431 g/mol. The first-order valence-corrected chi connectivity index (χ1v) is 12.0. The van der Waals surface area contributed by atoms with Crippen LogP contribution in [-0.2, 0) is 22.7 Å². The van der Waals surface area contributed by atoms with Crippen LogP contribution < -0.4 is 0 Å². The molecule has 3 heterocycles. The topological polar surface area (TPSA) is 37.7 Å². The highest BCUT2D eigenvalue weighted by Crippen LogP contribution is 2.27. The van der Waals surface area contributed by atoms with Gasteiger partial charge in [-0.25, -0.2) is 0 Å². The molecule has 0 aliphatic carbocycles. The number of carbonyl (C=O) groups is 1. The summed E-state index contributed by atoms with van der Waals surface area (Å²) in [6.07, 6.45) is 6.62. The van der Waals surface area contributed by atoms with Crippen molar-refractivity contribution >= 4 is 16.8 Å². The summed E-state index contributed by atoms with van der Waals surface area (Å²) in [5.74, 6) is 0.231. The second kappa shape index (κ2) is 9.88. The van der Waals surface area contributed by atoms with E-state index in [9.17, 15) is 4.79 Å². The van der Waals surface area contributed by atoms with Gasteiger partial charge in [0.2, 0.25) is 5.91 Å². The molecule has 0 bridgehead atoms. The Labute approximate surface area is 190 Å². The molecule has 1 aromatic heterocycles. The highest BCUT2D eigenvalue weighted by atomic mass is 16.5. The minimum Gasteiger partial charge on any atom is -0.375 e. The van der Waals surface area contributed by atoms with E-state index in [1.54, 1.807) is 0 Å². The number of hydrogen-bond donors (Lipinski definition) is 0. The Morgan fingerprint density at radius 1 is 0.906 bits per heavy atom. The minimum absolute atomic E-state index is 0.231. The van der Waals surface area contributed by atoms with Crippen molar-refractivity contribution < 1.29 is 9.53 Å². The average Bonchev–Trinajstić information content (AvgIpc) is 3.47. The number of benzene rings is 2. The van der Waals surface area contributed by atoms with Crippen LogP contribution in [0.3, 0.4) is 0 Å². The van der Waals surface area contributed by atoms with E-state index in [4.69, 9.17) is 4.74 Å². The molecule has 1 amide bonds. The first-order valence-electron chi connectivity index (χ1n) is 12.0. The van der Waals surface area contributed by atoms with Crippen LogP contribution in [0.25, 0.3) is 10.9 Å². The molecule has 5 nitrogen and oxygen atoms in total. The molecular weight excluding hydrogens is 398 g/mol. The highest BCUT2D eigenvalue weighted by Gasteiger charge is 2.33. The Morgan fingerprint density at radius 2 is 1.69 bits per heavy atom. The second-order valence-corrected chi connectivity index (χ2v) is 9.15. The van der Waals surface area contributed by atoms with E-state index < -0.39 is 0 Å². The molecular formula is C27H33N3O2. The van der Waals surface area contributed by atoms with E-state index in [1.807, 2.05) is 24.4 Å². The van der Waals surface area contributed by atoms with Crippen LogP contribution in [0.1, 0.15) is 31.2 Å². The van der Waals surface area contributed by atoms with Crippen molar-refractivity contribution in [2.24, 2.45) is 0 Å². The molecule has 2 fully saturated rings. The summed E-state index contributed by atoms with van der Waals surface area (Å²) in [5.41, 5.74) is 2.37. The van der Waals surface area contributed by atoms with Gasteiger partial charge in [0.15, 0.2) is 0 Å². The Kier molecular flexibility index (Phi) is 6.56. The largest absolute Gasteiger partial charge is 0.375 e. The Morgan fingerprint density at radius 3 is 2.53 bits per heavy atom. The van der Waals surface area contributed by atoms with Gasteiger partial charge in [0, 0.05) is 36.9 Å². The zero-order valence-corrected chi connectivity index (χ0v) is 18.7. The Bertz CT molecular complexity index is 1020. The summed E-state index contributed by atoms with van der Waals surface area (Å²) in [5, 5.41) is 1.19. The summed E-state index contributed by atoms with van der Waals surface area (Å²) < 4.78 is 8.14. The Hall–Kier alpha value is -2.63. The molecule has 2 aromatic carbocycles. The average molecular weight is 432 g/mol. The molecule has 168 valence electrons. The molecule has 1 unspecified atom stereocenters. The molecule has 2 aliphatic heterocycles. The van der Waals surface area contributed by atoms with Crippen LogP contribution in [0.15, 0.2) is 66.9 Å². The van der Waals surface area contributed by atoms with Crippen molar-refractivity contribution in [3.8, 4) is 0 Å². The van der Waals surface area contributed by atoms with Gasteiger partial charge in [-0.15, -0.1) is 0 Å². The fourth-order valence-electron chi connectivity index (χ4n) is 5.38. The van der Waals surface area contributed by atoms with E-state index in [1.165, 1.54) is 23.8 Å². The van der Waals surface area contributed by atoms with E-state index in [2.05, 4.69) is 56.8 Å². The molecule has 0 radical (unpaired) electrons. The number of rotatable bonds is 7. The van der Waals surface area contributed by atoms with Crippen molar-refractivity contribution in [3.63, 3.8) is 0 Å². The molecule has 0 spiro atoms. The number of para-hydroxylation sites is 1. The van der Waals surface area contributed by atoms with E-state index in [0.717, 1.165) is 44.6 Å². The standard InChI is InChI=1S/C27H33N3O2/c31-27(19-29-16-12-23-9-4-5-11-26(23)29)28-17-13-24(14-18-28)30-15-6-10-25(30)21-32-20-22-7-2-1-3-8-22/h1-5,7-9,11-12,16,24-25H,6,10,13-15,17-21H2.